The van der Waals surface area contributed by atoms with Crippen molar-refractivity contribution in [3.8, 4) is 11.5 Å². The molecule has 0 bridgehead atoms. The van der Waals surface area contributed by atoms with E-state index in [2.05, 4.69) is 45.0 Å². The summed E-state index contributed by atoms with van der Waals surface area (Å²) < 4.78 is 50.2. The third-order valence-electron chi connectivity index (χ3n) is 3.50. The summed E-state index contributed by atoms with van der Waals surface area (Å²) in [6.07, 6.45) is 0. The predicted molar refractivity (Wildman–Crippen MR) is 104 cm³/mol. The van der Waals surface area contributed by atoms with Crippen molar-refractivity contribution in [1.29, 1.82) is 0 Å². The average Bonchev–Trinajstić information content (AvgIpc) is 2.53. The Kier molecular flexibility index (Phi) is 7.95. The number of halogens is 4. The zero-order valence-electron chi connectivity index (χ0n) is 15.5. The second-order valence-corrected chi connectivity index (χ2v) is 9.85. The first kappa shape index (κ1) is 22.3. The van der Waals surface area contributed by atoms with E-state index in [-0.39, 0.29) is 5.16 Å². The largest absolute Gasteiger partial charge is 0.673 e. The lowest BCUT2D eigenvalue weighted by molar-refractivity contribution is 0.368. The molecule has 0 aliphatic heterocycles. The first-order chi connectivity index (χ1) is 12.0. The van der Waals surface area contributed by atoms with Crippen LogP contribution in [0.3, 0.4) is 0 Å². The fourth-order valence-electron chi connectivity index (χ4n) is 2.66. The van der Waals surface area contributed by atoms with Crippen molar-refractivity contribution in [2.24, 2.45) is 0 Å². The highest BCUT2D eigenvalue weighted by molar-refractivity contribution is 7.74. The van der Waals surface area contributed by atoms with Gasteiger partial charge in [0.2, 0.25) is 0 Å². The molecule has 0 atom stereocenters. The normalized spacial score (nSPS) is 11.6. The van der Waals surface area contributed by atoms with E-state index in [0.29, 0.717) is 0 Å². The van der Waals surface area contributed by atoms with Gasteiger partial charge in [0, 0.05) is 0 Å². The van der Waals surface area contributed by atoms with Crippen LogP contribution in [0.4, 0.5) is 17.3 Å². The van der Waals surface area contributed by atoms with E-state index in [9.17, 15) is 17.3 Å². The Morgan fingerprint density at radius 2 is 1.04 bits per heavy atom. The molecule has 0 radical (unpaired) electrons. The van der Waals surface area contributed by atoms with Crippen LogP contribution in [0.1, 0.15) is 20.8 Å². The van der Waals surface area contributed by atoms with Gasteiger partial charge in [-0.15, -0.1) is 0 Å². The lowest BCUT2D eigenvalue weighted by Gasteiger charge is -2.26. The molecule has 2 rings (SSSR count). The van der Waals surface area contributed by atoms with E-state index in [1.807, 2.05) is 24.3 Å². The zero-order valence-corrected chi connectivity index (χ0v) is 16.5. The molecule has 8 heteroatoms. The predicted octanol–water partition coefficient (Wildman–Crippen LogP) is 4.97. The van der Waals surface area contributed by atoms with E-state index >= 15 is 0 Å². The standard InChI is InChI=1S/C18H23O2P.BF4/c1-18(2,3)21(16-12-8-6-10-14(16)19-4)17-13-9-7-11-15(17)20-5;2-1(3,4)5/h6-13H,1-5H3;/q;-1/p+1. The summed E-state index contributed by atoms with van der Waals surface area (Å²) in [5.74, 6) is 1.93. The Bertz CT molecular complexity index is 649. The van der Waals surface area contributed by atoms with E-state index in [1.54, 1.807) is 14.2 Å². The minimum atomic E-state index is -6.00. The maximum absolute atomic E-state index is 9.75. The molecule has 0 unspecified atom stereocenters. The summed E-state index contributed by atoms with van der Waals surface area (Å²) in [4.78, 5) is 0. The van der Waals surface area contributed by atoms with Crippen LogP contribution >= 0.6 is 7.92 Å². The fourth-order valence-corrected chi connectivity index (χ4v) is 5.95. The van der Waals surface area contributed by atoms with Gasteiger partial charge in [0.15, 0.2) is 11.5 Å². The Balaban J connectivity index is 0.000000597. The van der Waals surface area contributed by atoms with Crippen LogP contribution < -0.4 is 20.1 Å². The molecule has 2 nitrogen and oxygen atoms in total. The van der Waals surface area contributed by atoms with Crippen LogP contribution in [0.5, 0.6) is 11.5 Å². The van der Waals surface area contributed by atoms with Crippen LogP contribution in [0.2, 0.25) is 0 Å². The molecule has 0 aliphatic rings. The van der Waals surface area contributed by atoms with Gasteiger partial charge < -0.3 is 26.7 Å². The molecule has 0 fully saturated rings. The van der Waals surface area contributed by atoms with Crippen molar-refractivity contribution in [3.63, 3.8) is 0 Å². The Morgan fingerprint density at radius 3 is 1.31 bits per heavy atom. The molecule has 0 heterocycles. The first-order valence-corrected chi connectivity index (χ1v) is 9.50. The summed E-state index contributed by atoms with van der Waals surface area (Å²) in [7, 11) is -3.57. The molecule has 0 amide bonds. The van der Waals surface area contributed by atoms with Crippen LogP contribution in [0, 0.1) is 0 Å². The second-order valence-electron chi connectivity index (χ2n) is 6.52. The van der Waals surface area contributed by atoms with E-state index in [4.69, 9.17) is 9.47 Å². The number of benzene rings is 2. The molecule has 26 heavy (non-hydrogen) atoms. The van der Waals surface area contributed by atoms with Gasteiger partial charge in [-0.25, -0.2) is 0 Å². The van der Waals surface area contributed by atoms with Gasteiger partial charge in [-0.05, 0) is 45.0 Å². The number of rotatable bonds is 4. The Hall–Kier alpha value is -1.75. The molecular formula is C18H24BF4O2P. The highest BCUT2D eigenvalue weighted by Crippen LogP contribution is 2.51. The summed E-state index contributed by atoms with van der Waals surface area (Å²) in [6.45, 7) is 6.88. The lowest BCUT2D eigenvalue weighted by atomic mass is 10.2. The van der Waals surface area contributed by atoms with Crippen LogP contribution in [-0.4, -0.2) is 26.6 Å². The molecule has 0 spiro atoms. The fraction of sp³-hybridized carbons (Fsp3) is 0.333. The van der Waals surface area contributed by atoms with Gasteiger partial charge in [0.1, 0.15) is 10.6 Å². The van der Waals surface area contributed by atoms with Gasteiger partial charge in [0.25, 0.3) is 0 Å². The quantitative estimate of drug-likeness (QED) is 0.417. The number of hydrogen-bond acceptors (Lipinski definition) is 2. The van der Waals surface area contributed by atoms with Crippen LogP contribution in [0.15, 0.2) is 48.5 Å². The zero-order chi connectivity index (χ0) is 20.0. The van der Waals surface area contributed by atoms with E-state index < -0.39 is 15.2 Å². The highest BCUT2D eigenvalue weighted by atomic mass is 31.1. The molecule has 0 saturated heterocycles. The average molecular weight is 390 g/mol. The third-order valence-corrected chi connectivity index (χ3v) is 6.91. The van der Waals surface area contributed by atoms with Gasteiger partial charge in [-0.3, -0.25) is 0 Å². The molecule has 0 saturated carbocycles. The molecule has 2 aromatic carbocycles. The van der Waals surface area contributed by atoms with Gasteiger partial charge in [-0.2, -0.15) is 0 Å². The Morgan fingerprint density at radius 1 is 0.731 bits per heavy atom. The molecule has 144 valence electrons. The van der Waals surface area contributed by atoms with Gasteiger partial charge in [0.05, 0.1) is 27.3 Å². The molecule has 2 aromatic rings. The minimum Gasteiger partial charge on any atom is -0.493 e. The highest BCUT2D eigenvalue weighted by Gasteiger charge is 2.40. The summed E-state index contributed by atoms with van der Waals surface area (Å²) in [5.41, 5.74) is 0. The molecular weight excluding hydrogens is 366 g/mol. The topological polar surface area (TPSA) is 18.5 Å². The van der Waals surface area contributed by atoms with Crippen molar-refractivity contribution < 1.29 is 26.7 Å². The number of para-hydroxylation sites is 2. The summed E-state index contributed by atoms with van der Waals surface area (Å²) in [6, 6.07) is 16.7. The van der Waals surface area contributed by atoms with E-state index in [0.717, 1.165) is 11.5 Å². The van der Waals surface area contributed by atoms with Gasteiger partial charge >= 0.3 is 7.25 Å². The van der Waals surface area contributed by atoms with Crippen molar-refractivity contribution in [2.45, 2.75) is 25.9 Å². The lowest BCUT2D eigenvalue weighted by Crippen LogP contribution is -2.28. The maximum Gasteiger partial charge on any atom is 0.673 e. The van der Waals surface area contributed by atoms with Crippen molar-refractivity contribution in [1.82, 2.24) is 0 Å². The van der Waals surface area contributed by atoms with Crippen LogP contribution in [-0.2, 0) is 0 Å². The van der Waals surface area contributed by atoms with Crippen molar-refractivity contribution in [3.05, 3.63) is 48.5 Å². The monoisotopic (exact) mass is 390 g/mol. The maximum atomic E-state index is 9.75. The first-order valence-electron chi connectivity index (χ1n) is 8.00. The van der Waals surface area contributed by atoms with E-state index in [1.165, 1.54) is 10.6 Å². The molecule has 0 aromatic heterocycles. The van der Waals surface area contributed by atoms with Crippen molar-refractivity contribution >= 4 is 25.8 Å². The second kappa shape index (κ2) is 9.27. The SMILES string of the molecule is COc1ccccc1[PH+](c1ccccc1OC)C(C)(C)C.F[B-](F)(F)F. The molecule has 0 aliphatic carbocycles. The number of ether oxygens (including phenoxy) is 2. The minimum absolute atomic E-state index is 0.147. The smallest absolute Gasteiger partial charge is 0.493 e. The third kappa shape index (κ3) is 6.87. The van der Waals surface area contributed by atoms with Gasteiger partial charge in [-0.1, -0.05) is 24.3 Å². The number of hydrogen-bond donors (Lipinski definition) is 0. The van der Waals surface area contributed by atoms with Crippen molar-refractivity contribution in [2.75, 3.05) is 14.2 Å². The van der Waals surface area contributed by atoms with Crippen LogP contribution in [0.25, 0.3) is 0 Å². The Labute approximate surface area is 153 Å². The summed E-state index contributed by atoms with van der Waals surface area (Å²) in [5, 5.41) is 2.73. The summed E-state index contributed by atoms with van der Waals surface area (Å²) >= 11 is 0. The number of methoxy groups -OCH3 is 2. The molecule has 0 N–H and O–H groups in total.